The van der Waals surface area contributed by atoms with E-state index in [0.29, 0.717) is 6.54 Å². The highest BCUT2D eigenvalue weighted by Crippen LogP contribution is 2.04. The Balaban J connectivity index is 3.83. The summed E-state index contributed by atoms with van der Waals surface area (Å²) >= 11 is 0. The van der Waals surface area contributed by atoms with E-state index >= 15 is 0 Å². The molecule has 3 N–H and O–H groups in total. The molecule has 0 aliphatic rings. The van der Waals surface area contributed by atoms with E-state index in [4.69, 9.17) is 5.73 Å². The Kier molecular flexibility index (Phi) is 5.37. The lowest BCUT2D eigenvalue weighted by atomic mass is 9.99. The van der Waals surface area contributed by atoms with E-state index in [9.17, 15) is 4.79 Å². The SMILES string of the molecule is C=CCNC(=O)C(N)C(C)CC. The Morgan fingerprint density at radius 1 is 1.75 bits per heavy atom. The number of nitrogens with two attached hydrogens (primary N) is 1. The first-order chi connectivity index (χ1) is 5.63. The first-order valence-electron chi connectivity index (χ1n) is 4.27. The summed E-state index contributed by atoms with van der Waals surface area (Å²) in [5.74, 6) is 0.138. The van der Waals surface area contributed by atoms with Gasteiger partial charge in [0.2, 0.25) is 5.91 Å². The molecule has 0 saturated carbocycles. The van der Waals surface area contributed by atoms with Gasteiger partial charge in [-0.1, -0.05) is 26.3 Å². The predicted molar refractivity (Wildman–Crippen MR) is 50.6 cm³/mol. The number of hydrogen-bond acceptors (Lipinski definition) is 2. The largest absolute Gasteiger partial charge is 0.351 e. The van der Waals surface area contributed by atoms with Crippen molar-refractivity contribution >= 4 is 5.91 Å². The third-order valence-electron chi connectivity index (χ3n) is 1.98. The summed E-state index contributed by atoms with van der Waals surface area (Å²) in [6.07, 6.45) is 2.56. The van der Waals surface area contributed by atoms with Gasteiger partial charge in [0.05, 0.1) is 6.04 Å². The Hall–Kier alpha value is -0.830. The zero-order valence-electron chi connectivity index (χ0n) is 7.84. The van der Waals surface area contributed by atoms with E-state index in [2.05, 4.69) is 11.9 Å². The summed E-state index contributed by atoms with van der Waals surface area (Å²) in [4.78, 5) is 11.2. The summed E-state index contributed by atoms with van der Waals surface area (Å²) in [5.41, 5.74) is 5.67. The second-order valence-corrected chi connectivity index (χ2v) is 2.95. The van der Waals surface area contributed by atoms with Gasteiger partial charge in [0.15, 0.2) is 0 Å². The molecule has 0 aromatic heterocycles. The lowest BCUT2D eigenvalue weighted by Crippen LogP contribution is -2.44. The lowest BCUT2D eigenvalue weighted by molar-refractivity contribution is -0.123. The quantitative estimate of drug-likeness (QED) is 0.596. The van der Waals surface area contributed by atoms with E-state index in [1.165, 1.54) is 0 Å². The molecule has 0 aliphatic carbocycles. The first-order valence-corrected chi connectivity index (χ1v) is 4.27. The number of nitrogens with one attached hydrogen (secondary N) is 1. The molecule has 70 valence electrons. The summed E-state index contributed by atoms with van der Waals surface area (Å²) in [6.45, 7) is 7.98. The zero-order valence-corrected chi connectivity index (χ0v) is 7.84. The lowest BCUT2D eigenvalue weighted by Gasteiger charge is -2.16. The predicted octanol–water partition coefficient (Wildman–Crippen LogP) is 0.662. The van der Waals surface area contributed by atoms with Gasteiger partial charge in [-0.05, 0) is 5.92 Å². The zero-order chi connectivity index (χ0) is 9.56. The van der Waals surface area contributed by atoms with Gasteiger partial charge in [0.1, 0.15) is 0 Å². The van der Waals surface area contributed by atoms with Crippen molar-refractivity contribution in [2.45, 2.75) is 26.3 Å². The van der Waals surface area contributed by atoms with Gasteiger partial charge in [-0.15, -0.1) is 6.58 Å². The third kappa shape index (κ3) is 3.53. The average Bonchev–Trinajstić information content (AvgIpc) is 2.11. The van der Waals surface area contributed by atoms with E-state index < -0.39 is 6.04 Å². The van der Waals surface area contributed by atoms with Gasteiger partial charge in [-0.2, -0.15) is 0 Å². The minimum absolute atomic E-state index is 0.0933. The monoisotopic (exact) mass is 170 g/mol. The van der Waals surface area contributed by atoms with Crippen molar-refractivity contribution in [3.63, 3.8) is 0 Å². The molecule has 0 aromatic carbocycles. The number of amides is 1. The van der Waals surface area contributed by atoms with Crippen LogP contribution in [-0.4, -0.2) is 18.5 Å². The Morgan fingerprint density at radius 3 is 2.75 bits per heavy atom. The molecule has 3 heteroatoms. The van der Waals surface area contributed by atoms with Gasteiger partial charge in [0.25, 0.3) is 0 Å². The first kappa shape index (κ1) is 11.2. The Morgan fingerprint density at radius 2 is 2.33 bits per heavy atom. The van der Waals surface area contributed by atoms with Crippen LogP contribution in [0.25, 0.3) is 0 Å². The van der Waals surface area contributed by atoms with E-state index in [1.807, 2.05) is 13.8 Å². The fraction of sp³-hybridized carbons (Fsp3) is 0.667. The highest BCUT2D eigenvalue weighted by Gasteiger charge is 2.17. The summed E-state index contributed by atoms with van der Waals surface area (Å²) in [5, 5.41) is 2.67. The van der Waals surface area contributed by atoms with Crippen molar-refractivity contribution in [3.05, 3.63) is 12.7 Å². The highest BCUT2D eigenvalue weighted by atomic mass is 16.2. The van der Waals surface area contributed by atoms with Crippen molar-refractivity contribution < 1.29 is 4.79 Å². The van der Waals surface area contributed by atoms with E-state index in [-0.39, 0.29) is 11.8 Å². The fourth-order valence-electron chi connectivity index (χ4n) is 0.803. The fourth-order valence-corrected chi connectivity index (χ4v) is 0.803. The smallest absolute Gasteiger partial charge is 0.237 e. The standard InChI is InChI=1S/C9H18N2O/c1-4-6-11-9(12)8(10)7(3)5-2/h4,7-8H,1,5-6,10H2,2-3H3,(H,11,12). The maximum Gasteiger partial charge on any atom is 0.237 e. The van der Waals surface area contributed by atoms with Gasteiger partial charge >= 0.3 is 0 Å². The highest BCUT2D eigenvalue weighted by molar-refractivity contribution is 5.81. The van der Waals surface area contributed by atoms with Crippen LogP contribution >= 0.6 is 0 Å². The van der Waals surface area contributed by atoms with Gasteiger partial charge in [-0.3, -0.25) is 4.79 Å². The normalized spacial score (nSPS) is 14.9. The summed E-state index contributed by atoms with van der Waals surface area (Å²) < 4.78 is 0. The molecule has 1 amide bonds. The van der Waals surface area contributed by atoms with Crippen molar-refractivity contribution in [1.82, 2.24) is 5.32 Å². The second kappa shape index (κ2) is 5.77. The maximum atomic E-state index is 11.2. The van der Waals surface area contributed by atoms with Gasteiger partial charge in [-0.25, -0.2) is 0 Å². The van der Waals surface area contributed by atoms with Crippen LogP contribution in [0.4, 0.5) is 0 Å². The minimum Gasteiger partial charge on any atom is -0.351 e. The molecule has 0 spiro atoms. The van der Waals surface area contributed by atoms with E-state index in [0.717, 1.165) is 6.42 Å². The molecular weight excluding hydrogens is 152 g/mol. The molecule has 2 unspecified atom stereocenters. The number of rotatable bonds is 5. The molecule has 0 aliphatic heterocycles. The number of carbonyl (C=O) groups excluding carboxylic acids is 1. The number of carbonyl (C=O) groups is 1. The Labute approximate surface area is 74.0 Å². The van der Waals surface area contributed by atoms with Crippen LogP contribution in [0.5, 0.6) is 0 Å². The molecule has 0 saturated heterocycles. The molecule has 0 rings (SSSR count). The van der Waals surface area contributed by atoms with Crippen LogP contribution in [0, 0.1) is 5.92 Å². The molecule has 12 heavy (non-hydrogen) atoms. The molecule has 0 heterocycles. The molecule has 0 radical (unpaired) electrons. The Bertz CT molecular complexity index is 157. The second-order valence-electron chi connectivity index (χ2n) is 2.95. The minimum atomic E-state index is -0.394. The molecule has 0 fully saturated rings. The topological polar surface area (TPSA) is 55.1 Å². The van der Waals surface area contributed by atoms with Crippen LogP contribution in [0.2, 0.25) is 0 Å². The van der Waals surface area contributed by atoms with Crippen molar-refractivity contribution in [1.29, 1.82) is 0 Å². The van der Waals surface area contributed by atoms with Crippen molar-refractivity contribution in [2.24, 2.45) is 11.7 Å². The molecular formula is C9H18N2O. The van der Waals surface area contributed by atoms with Crippen molar-refractivity contribution in [2.75, 3.05) is 6.54 Å². The van der Waals surface area contributed by atoms with Crippen LogP contribution in [0.1, 0.15) is 20.3 Å². The summed E-state index contributed by atoms with van der Waals surface area (Å²) in [6, 6.07) is -0.394. The summed E-state index contributed by atoms with van der Waals surface area (Å²) in [7, 11) is 0. The molecule has 2 atom stereocenters. The molecule has 3 nitrogen and oxygen atoms in total. The van der Waals surface area contributed by atoms with Crippen molar-refractivity contribution in [3.8, 4) is 0 Å². The van der Waals surface area contributed by atoms with E-state index in [1.54, 1.807) is 6.08 Å². The maximum absolute atomic E-state index is 11.2. The van der Waals surface area contributed by atoms with Gasteiger partial charge < -0.3 is 11.1 Å². The van der Waals surface area contributed by atoms with Crippen LogP contribution in [0.15, 0.2) is 12.7 Å². The van der Waals surface area contributed by atoms with Crippen LogP contribution < -0.4 is 11.1 Å². The van der Waals surface area contributed by atoms with Crippen LogP contribution in [-0.2, 0) is 4.79 Å². The third-order valence-corrected chi connectivity index (χ3v) is 1.98. The molecule has 0 bridgehead atoms. The number of hydrogen-bond donors (Lipinski definition) is 2. The van der Waals surface area contributed by atoms with Gasteiger partial charge in [0, 0.05) is 6.54 Å². The average molecular weight is 170 g/mol. The van der Waals surface area contributed by atoms with Crippen LogP contribution in [0.3, 0.4) is 0 Å². The molecule has 0 aromatic rings.